The van der Waals surface area contributed by atoms with Gasteiger partial charge >= 0.3 is 0 Å². The van der Waals surface area contributed by atoms with Crippen molar-refractivity contribution in [1.82, 2.24) is 9.55 Å². The Morgan fingerprint density at radius 1 is 1.90 bits per heavy atom. The summed E-state index contributed by atoms with van der Waals surface area (Å²) in [5.41, 5.74) is 0.428. The largest absolute Gasteiger partial charge is 0.364 e. The van der Waals surface area contributed by atoms with Gasteiger partial charge in [0, 0.05) is 13.3 Å². The van der Waals surface area contributed by atoms with Crippen molar-refractivity contribution < 1.29 is 9.53 Å². The van der Waals surface area contributed by atoms with Crippen LogP contribution in [0.25, 0.3) is 0 Å². The van der Waals surface area contributed by atoms with Crippen molar-refractivity contribution in [2.45, 2.75) is 6.73 Å². The van der Waals surface area contributed by atoms with Crippen LogP contribution in [0.1, 0.15) is 10.5 Å². The monoisotopic (exact) mass is 140 g/mol. The first-order valence-corrected chi connectivity index (χ1v) is 2.82. The average molecular weight is 140 g/mol. The van der Waals surface area contributed by atoms with Gasteiger partial charge in [-0.05, 0) is 0 Å². The van der Waals surface area contributed by atoms with Gasteiger partial charge in [0.25, 0.3) is 0 Å². The summed E-state index contributed by atoms with van der Waals surface area (Å²) in [5, 5.41) is 0. The Kier molecular flexibility index (Phi) is 2.17. The molecule has 0 fully saturated rings. The van der Waals surface area contributed by atoms with Gasteiger partial charge in [0.1, 0.15) is 12.4 Å². The highest BCUT2D eigenvalue weighted by molar-refractivity contribution is 5.70. The van der Waals surface area contributed by atoms with Gasteiger partial charge in [-0.15, -0.1) is 0 Å². The lowest BCUT2D eigenvalue weighted by Gasteiger charge is -1.95. The Labute approximate surface area is 58.4 Å². The molecular formula is C6H8N2O2. The number of imidazole rings is 1. The van der Waals surface area contributed by atoms with Crippen molar-refractivity contribution in [3.63, 3.8) is 0 Å². The lowest BCUT2D eigenvalue weighted by molar-refractivity contribution is 0.111. The second-order valence-electron chi connectivity index (χ2n) is 1.85. The highest BCUT2D eigenvalue weighted by Crippen LogP contribution is 1.91. The van der Waals surface area contributed by atoms with Crippen LogP contribution in [-0.2, 0) is 11.5 Å². The van der Waals surface area contributed by atoms with E-state index in [0.717, 1.165) is 0 Å². The minimum absolute atomic E-state index is 0.428. The van der Waals surface area contributed by atoms with Crippen LogP contribution in [0.2, 0.25) is 0 Å². The number of aldehydes is 1. The van der Waals surface area contributed by atoms with Crippen LogP contribution in [0, 0.1) is 0 Å². The number of rotatable bonds is 3. The van der Waals surface area contributed by atoms with Crippen molar-refractivity contribution in [2.24, 2.45) is 0 Å². The molecular weight excluding hydrogens is 132 g/mol. The SMILES string of the molecule is COCn1cnc(C=O)c1. The van der Waals surface area contributed by atoms with Gasteiger partial charge in [-0.3, -0.25) is 4.79 Å². The van der Waals surface area contributed by atoms with E-state index in [9.17, 15) is 4.79 Å². The third kappa shape index (κ3) is 1.41. The van der Waals surface area contributed by atoms with E-state index < -0.39 is 0 Å². The molecule has 0 amide bonds. The molecule has 10 heavy (non-hydrogen) atoms. The molecule has 0 bridgehead atoms. The number of aromatic nitrogens is 2. The number of nitrogens with zero attached hydrogens (tertiary/aromatic N) is 2. The second kappa shape index (κ2) is 3.12. The van der Waals surface area contributed by atoms with Gasteiger partial charge in [0.15, 0.2) is 6.29 Å². The third-order valence-corrected chi connectivity index (χ3v) is 1.05. The first kappa shape index (κ1) is 6.95. The highest BCUT2D eigenvalue weighted by Gasteiger charge is 1.93. The molecule has 1 heterocycles. The number of hydrogen-bond donors (Lipinski definition) is 0. The van der Waals surface area contributed by atoms with Crippen LogP contribution >= 0.6 is 0 Å². The summed E-state index contributed by atoms with van der Waals surface area (Å²) in [6.45, 7) is 0.431. The van der Waals surface area contributed by atoms with E-state index in [1.54, 1.807) is 24.2 Å². The number of carbonyl (C=O) groups excluding carboxylic acids is 1. The van der Waals surface area contributed by atoms with Crippen LogP contribution in [0.4, 0.5) is 0 Å². The molecule has 4 nitrogen and oxygen atoms in total. The van der Waals surface area contributed by atoms with Gasteiger partial charge in [-0.25, -0.2) is 4.98 Å². The fourth-order valence-corrected chi connectivity index (χ4v) is 0.658. The summed E-state index contributed by atoms with van der Waals surface area (Å²) in [7, 11) is 1.58. The highest BCUT2D eigenvalue weighted by atomic mass is 16.5. The normalized spacial score (nSPS) is 9.70. The van der Waals surface area contributed by atoms with Crippen molar-refractivity contribution in [1.29, 1.82) is 0 Å². The Morgan fingerprint density at radius 3 is 3.20 bits per heavy atom. The predicted molar refractivity (Wildman–Crippen MR) is 34.6 cm³/mol. The van der Waals surface area contributed by atoms with E-state index in [0.29, 0.717) is 18.7 Å². The number of carbonyl (C=O) groups is 1. The summed E-state index contributed by atoms with van der Waals surface area (Å²) in [4.78, 5) is 13.9. The Morgan fingerprint density at radius 2 is 2.70 bits per heavy atom. The molecule has 54 valence electrons. The fourth-order valence-electron chi connectivity index (χ4n) is 0.658. The molecule has 4 heteroatoms. The van der Waals surface area contributed by atoms with E-state index in [-0.39, 0.29) is 0 Å². The van der Waals surface area contributed by atoms with Crippen LogP contribution < -0.4 is 0 Å². The van der Waals surface area contributed by atoms with Crippen LogP contribution in [0.5, 0.6) is 0 Å². The molecule has 0 aliphatic heterocycles. The van der Waals surface area contributed by atoms with E-state index in [1.165, 1.54) is 0 Å². The van der Waals surface area contributed by atoms with Crippen LogP contribution in [-0.4, -0.2) is 22.9 Å². The first-order chi connectivity index (χ1) is 4.86. The zero-order chi connectivity index (χ0) is 7.40. The van der Waals surface area contributed by atoms with E-state index in [4.69, 9.17) is 4.74 Å². The van der Waals surface area contributed by atoms with Crippen LogP contribution in [0.3, 0.4) is 0 Å². The fraction of sp³-hybridized carbons (Fsp3) is 0.333. The molecule has 0 saturated heterocycles. The summed E-state index contributed by atoms with van der Waals surface area (Å²) < 4.78 is 6.48. The van der Waals surface area contributed by atoms with Gasteiger partial charge in [0.2, 0.25) is 0 Å². The molecule has 0 saturated carbocycles. The van der Waals surface area contributed by atoms with Crippen molar-refractivity contribution >= 4 is 6.29 Å². The smallest absolute Gasteiger partial charge is 0.169 e. The molecule has 0 aliphatic carbocycles. The van der Waals surface area contributed by atoms with Gasteiger partial charge in [0.05, 0.1) is 6.33 Å². The summed E-state index contributed by atoms with van der Waals surface area (Å²) >= 11 is 0. The van der Waals surface area contributed by atoms with Crippen molar-refractivity contribution in [3.05, 3.63) is 18.2 Å². The topological polar surface area (TPSA) is 44.1 Å². The average Bonchev–Trinajstić information content (AvgIpc) is 2.37. The summed E-state index contributed by atoms with van der Waals surface area (Å²) in [6.07, 6.45) is 3.87. The van der Waals surface area contributed by atoms with Crippen LogP contribution in [0.15, 0.2) is 12.5 Å². The van der Waals surface area contributed by atoms with E-state index >= 15 is 0 Å². The zero-order valence-electron chi connectivity index (χ0n) is 5.65. The Bertz CT molecular complexity index is 219. The first-order valence-electron chi connectivity index (χ1n) is 2.82. The van der Waals surface area contributed by atoms with Gasteiger partial charge in [-0.1, -0.05) is 0 Å². The number of ether oxygens (including phenoxy) is 1. The lowest BCUT2D eigenvalue weighted by Crippen LogP contribution is -1.95. The molecule has 0 radical (unpaired) electrons. The Hall–Kier alpha value is -1.16. The molecule has 0 unspecified atom stereocenters. The van der Waals surface area contributed by atoms with Crippen molar-refractivity contribution in [3.8, 4) is 0 Å². The van der Waals surface area contributed by atoms with E-state index in [1.807, 2.05) is 0 Å². The molecule has 0 atom stereocenters. The van der Waals surface area contributed by atoms with E-state index in [2.05, 4.69) is 4.98 Å². The quantitative estimate of drug-likeness (QED) is 0.567. The lowest BCUT2D eigenvalue weighted by atomic mass is 10.5. The molecule has 1 rings (SSSR count). The molecule has 0 N–H and O–H groups in total. The molecule has 1 aromatic rings. The van der Waals surface area contributed by atoms with Crippen molar-refractivity contribution in [2.75, 3.05) is 7.11 Å². The number of hydrogen-bond acceptors (Lipinski definition) is 3. The third-order valence-electron chi connectivity index (χ3n) is 1.05. The molecule has 0 aliphatic rings. The second-order valence-corrected chi connectivity index (χ2v) is 1.85. The van der Waals surface area contributed by atoms with Gasteiger partial charge in [-0.2, -0.15) is 0 Å². The number of methoxy groups -OCH3 is 1. The standard InChI is InChI=1S/C6H8N2O2/c1-10-5-8-2-6(3-9)7-4-8/h2-4H,5H2,1H3. The maximum atomic E-state index is 10.1. The maximum absolute atomic E-state index is 10.1. The summed E-state index contributed by atoms with van der Waals surface area (Å²) in [5.74, 6) is 0. The molecule has 0 aromatic carbocycles. The zero-order valence-corrected chi connectivity index (χ0v) is 5.65. The minimum atomic E-state index is 0.428. The minimum Gasteiger partial charge on any atom is -0.364 e. The molecule has 0 spiro atoms. The predicted octanol–water partition coefficient (Wildman–Crippen LogP) is 0.300. The molecule has 1 aromatic heterocycles. The maximum Gasteiger partial charge on any atom is 0.169 e. The summed E-state index contributed by atoms with van der Waals surface area (Å²) in [6, 6.07) is 0. The Balaban J connectivity index is 2.68. The van der Waals surface area contributed by atoms with Gasteiger partial charge < -0.3 is 9.30 Å².